The zero-order valence-electron chi connectivity index (χ0n) is 20.2. The zero-order valence-corrected chi connectivity index (χ0v) is 21.1. The van der Waals surface area contributed by atoms with E-state index in [4.69, 9.17) is 4.74 Å². The van der Waals surface area contributed by atoms with E-state index in [1.54, 1.807) is 31.5 Å². The average molecular weight is 535 g/mol. The van der Waals surface area contributed by atoms with Gasteiger partial charge >= 0.3 is 12.3 Å². The Morgan fingerprint density at radius 1 is 1.14 bits per heavy atom. The number of thiazole rings is 1. The number of nitrogens with zero attached hydrogens (tertiary/aromatic N) is 4. The van der Waals surface area contributed by atoms with Gasteiger partial charge in [-0.2, -0.15) is 0 Å². The predicted molar refractivity (Wildman–Crippen MR) is 131 cm³/mol. The summed E-state index contributed by atoms with van der Waals surface area (Å²) >= 11 is 1.23. The second kappa shape index (κ2) is 11.2. The standard InChI is InChI=1S/C25H25F3N4O4S/c1-3-35-24(34)16-4-6-32(7-5-16)22-13-29-19(12-30-22)21(33)11-23-31-20(14-37-23)17-8-15(2)9-18(10-17)36-25(26,27)28/h8-10,12-14,16H,3-7,11H2,1-2H3. The summed E-state index contributed by atoms with van der Waals surface area (Å²) in [7, 11) is 0. The van der Waals surface area contributed by atoms with Gasteiger partial charge in [-0.05, 0) is 50.5 Å². The van der Waals surface area contributed by atoms with Crippen LogP contribution in [0.2, 0.25) is 0 Å². The number of aromatic nitrogens is 3. The molecule has 0 saturated carbocycles. The molecule has 2 aromatic heterocycles. The van der Waals surface area contributed by atoms with Gasteiger partial charge in [-0.3, -0.25) is 9.59 Å². The molecule has 196 valence electrons. The predicted octanol–water partition coefficient (Wildman–Crippen LogP) is 5.01. The highest BCUT2D eigenvalue weighted by molar-refractivity contribution is 7.10. The van der Waals surface area contributed by atoms with Gasteiger partial charge in [0.15, 0.2) is 5.78 Å². The number of hydrogen-bond acceptors (Lipinski definition) is 9. The van der Waals surface area contributed by atoms with Crippen LogP contribution in [0.25, 0.3) is 11.3 Å². The second-order valence-corrected chi connectivity index (χ2v) is 9.52. The number of ether oxygens (including phenoxy) is 2. The monoisotopic (exact) mass is 534 g/mol. The Kier molecular flexibility index (Phi) is 8.06. The molecule has 3 aromatic rings. The quantitative estimate of drug-likeness (QED) is 0.294. The van der Waals surface area contributed by atoms with Crippen molar-refractivity contribution >= 4 is 28.9 Å². The van der Waals surface area contributed by atoms with E-state index in [0.717, 1.165) is 0 Å². The van der Waals surface area contributed by atoms with Gasteiger partial charge in [-0.1, -0.05) is 0 Å². The molecule has 0 radical (unpaired) electrons. The number of anilines is 1. The number of aryl methyl sites for hydroxylation is 1. The number of rotatable bonds is 8. The van der Waals surface area contributed by atoms with Crippen LogP contribution in [0.5, 0.6) is 5.75 Å². The molecule has 1 aromatic carbocycles. The number of ketones is 1. The number of carbonyl (C=O) groups is 2. The average Bonchev–Trinajstić information content (AvgIpc) is 3.31. The zero-order chi connectivity index (χ0) is 26.6. The van der Waals surface area contributed by atoms with Crippen molar-refractivity contribution < 1.29 is 32.2 Å². The van der Waals surface area contributed by atoms with Crippen LogP contribution in [0, 0.1) is 12.8 Å². The second-order valence-electron chi connectivity index (χ2n) is 8.58. The van der Waals surface area contributed by atoms with E-state index in [1.807, 2.05) is 4.90 Å². The molecule has 1 fully saturated rings. The molecule has 1 aliphatic heterocycles. The molecule has 12 heteroatoms. The first-order valence-corrected chi connectivity index (χ1v) is 12.6. The van der Waals surface area contributed by atoms with Crippen LogP contribution in [0.3, 0.4) is 0 Å². The first-order valence-electron chi connectivity index (χ1n) is 11.7. The van der Waals surface area contributed by atoms with E-state index in [1.165, 1.54) is 29.7 Å². The first-order chi connectivity index (χ1) is 17.6. The number of carbonyl (C=O) groups excluding carboxylic acids is 2. The highest BCUT2D eigenvalue weighted by Gasteiger charge is 2.31. The van der Waals surface area contributed by atoms with Crippen molar-refractivity contribution in [2.24, 2.45) is 5.92 Å². The summed E-state index contributed by atoms with van der Waals surface area (Å²) in [6.45, 7) is 5.10. The van der Waals surface area contributed by atoms with Gasteiger partial charge in [-0.15, -0.1) is 24.5 Å². The van der Waals surface area contributed by atoms with Gasteiger partial charge in [0.1, 0.15) is 22.3 Å². The van der Waals surface area contributed by atoms with Crippen LogP contribution in [-0.4, -0.2) is 52.8 Å². The molecule has 0 N–H and O–H groups in total. The Balaban J connectivity index is 1.37. The van der Waals surface area contributed by atoms with Crippen molar-refractivity contribution in [2.75, 3.05) is 24.6 Å². The Hall–Kier alpha value is -3.54. The summed E-state index contributed by atoms with van der Waals surface area (Å²) in [5, 5.41) is 2.19. The molecule has 0 bridgehead atoms. The lowest BCUT2D eigenvalue weighted by atomic mass is 9.97. The van der Waals surface area contributed by atoms with Gasteiger partial charge in [0.2, 0.25) is 0 Å². The van der Waals surface area contributed by atoms with Crippen LogP contribution in [0.4, 0.5) is 19.0 Å². The van der Waals surface area contributed by atoms with Gasteiger partial charge in [-0.25, -0.2) is 15.0 Å². The highest BCUT2D eigenvalue weighted by atomic mass is 32.1. The van der Waals surface area contributed by atoms with Crippen LogP contribution >= 0.6 is 11.3 Å². The van der Waals surface area contributed by atoms with Crippen molar-refractivity contribution in [3.63, 3.8) is 0 Å². The maximum absolute atomic E-state index is 12.7. The third-order valence-corrected chi connectivity index (χ3v) is 6.66. The van der Waals surface area contributed by atoms with Gasteiger partial charge in [0.25, 0.3) is 0 Å². The van der Waals surface area contributed by atoms with Gasteiger partial charge in [0, 0.05) is 24.0 Å². The number of benzene rings is 1. The van der Waals surface area contributed by atoms with E-state index in [2.05, 4.69) is 19.7 Å². The number of hydrogen-bond donors (Lipinski definition) is 0. The molecule has 0 atom stereocenters. The Bertz CT molecular complexity index is 1260. The van der Waals surface area contributed by atoms with Crippen LogP contribution in [0.1, 0.15) is 40.8 Å². The summed E-state index contributed by atoms with van der Waals surface area (Å²) in [5.41, 5.74) is 1.70. The third-order valence-electron chi connectivity index (χ3n) is 5.81. The topological polar surface area (TPSA) is 94.5 Å². The van der Waals surface area contributed by atoms with Crippen molar-refractivity contribution in [1.29, 1.82) is 0 Å². The van der Waals surface area contributed by atoms with E-state index < -0.39 is 6.36 Å². The molecular weight excluding hydrogens is 509 g/mol. The minimum atomic E-state index is -4.79. The minimum absolute atomic E-state index is 0.0125. The third kappa shape index (κ3) is 7.03. The fraction of sp³-hybridized carbons (Fsp3) is 0.400. The summed E-state index contributed by atoms with van der Waals surface area (Å²) < 4.78 is 47.0. The molecule has 0 unspecified atom stereocenters. The molecule has 0 amide bonds. The van der Waals surface area contributed by atoms with Crippen molar-refractivity contribution in [3.8, 4) is 17.0 Å². The Labute approximate surface area is 215 Å². The maximum Gasteiger partial charge on any atom is 0.573 e. The normalized spacial score (nSPS) is 14.5. The fourth-order valence-electron chi connectivity index (χ4n) is 4.07. The van der Waals surface area contributed by atoms with Crippen LogP contribution in [0.15, 0.2) is 36.0 Å². The maximum atomic E-state index is 12.7. The molecule has 4 rings (SSSR count). The number of alkyl halides is 3. The van der Waals surface area contributed by atoms with E-state index >= 15 is 0 Å². The smallest absolute Gasteiger partial charge is 0.466 e. The number of Topliss-reactive ketones (excluding diaryl/α,β-unsaturated/α-hetero) is 1. The van der Waals surface area contributed by atoms with Gasteiger partial charge < -0.3 is 14.4 Å². The molecule has 1 saturated heterocycles. The molecule has 3 heterocycles. The summed E-state index contributed by atoms with van der Waals surface area (Å²) in [6.07, 6.45) is -0.510. The Morgan fingerprint density at radius 3 is 2.54 bits per heavy atom. The number of piperidine rings is 1. The van der Waals surface area contributed by atoms with Crippen LogP contribution in [-0.2, 0) is 16.0 Å². The van der Waals surface area contributed by atoms with Crippen molar-refractivity contribution in [1.82, 2.24) is 15.0 Å². The SMILES string of the molecule is CCOC(=O)C1CCN(c2cnc(C(=O)Cc3nc(-c4cc(C)cc(OC(F)(F)F)c4)cs3)cn2)CC1. The van der Waals surface area contributed by atoms with Gasteiger partial charge in [0.05, 0.1) is 37.0 Å². The van der Waals surface area contributed by atoms with E-state index in [-0.39, 0.29) is 35.5 Å². The highest BCUT2D eigenvalue weighted by Crippen LogP contribution is 2.30. The molecule has 8 nitrogen and oxygen atoms in total. The lowest BCUT2D eigenvalue weighted by molar-refractivity contribution is -0.274. The first kappa shape index (κ1) is 26.5. The molecule has 1 aliphatic rings. The molecular formula is C25H25F3N4O4S. The fourth-order valence-corrected chi connectivity index (χ4v) is 4.88. The summed E-state index contributed by atoms with van der Waals surface area (Å²) in [5.74, 6) is -0.250. The number of halogens is 3. The van der Waals surface area contributed by atoms with E-state index in [9.17, 15) is 22.8 Å². The lowest BCUT2D eigenvalue weighted by Gasteiger charge is -2.31. The largest absolute Gasteiger partial charge is 0.573 e. The van der Waals surface area contributed by atoms with E-state index in [0.29, 0.717) is 60.2 Å². The summed E-state index contributed by atoms with van der Waals surface area (Å²) in [6, 6.07) is 4.25. The Morgan fingerprint density at radius 2 is 1.89 bits per heavy atom. The van der Waals surface area contributed by atoms with Crippen LogP contribution < -0.4 is 9.64 Å². The minimum Gasteiger partial charge on any atom is -0.466 e. The van der Waals surface area contributed by atoms with Crippen molar-refractivity contribution in [3.05, 3.63) is 52.2 Å². The number of esters is 1. The molecule has 37 heavy (non-hydrogen) atoms. The van der Waals surface area contributed by atoms with Crippen molar-refractivity contribution in [2.45, 2.75) is 39.5 Å². The molecule has 0 aliphatic carbocycles. The molecule has 0 spiro atoms. The summed E-state index contributed by atoms with van der Waals surface area (Å²) in [4.78, 5) is 39.7. The lowest BCUT2D eigenvalue weighted by Crippen LogP contribution is -2.37.